The van der Waals surface area contributed by atoms with Gasteiger partial charge in [-0.2, -0.15) is 0 Å². The molecular formula is C13H13FN4O3. The molecule has 0 unspecified atom stereocenters. The number of hydrogen-bond donors (Lipinski definition) is 2. The normalized spacial score (nSPS) is 10.3. The summed E-state index contributed by atoms with van der Waals surface area (Å²) in [7, 11) is 0. The van der Waals surface area contributed by atoms with Gasteiger partial charge < -0.3 is 10.4 Å². The van der Waals surface area contributed by atoms with Crippen LogP contribution >= 0.6 is 0 Å². The second-order valence-corrected chi connectivity index (χ2v) is 4.35. The monoisotopic (exact) mass is 292 g/mol. The molecule has 8 heteroatoms. The molecular weight excluding hydrogens is 279 g/mol. The fourth-order valence-electron chi connectivity index (χ4n) is 1.69. The zero-order valence-corrected chi connectivity index (χ0v) is 11.0. The summed E-state index contributed by atoms with van der Waals surface area (Å²) in [5.74, 6) is -1.72. The van der Waals surface area contributed by atoms with Gasteiger partial charge in [0, 0.05) is 18.3 Å². The minimum atomic E-state index is -0.995. The van der Waals surface area contributed by atoms with Gasteiger partial charge in [0.2, 0.25) is 5.91 Å². The Bertz CT molecular complexity index is 656. The average Bonchev–Trinajstić information content (AvgIpc) is 2.83. The van der Waals surface area contributed by atoms with E-state index in [0.717, 1.165) is 0 Å². The quantitative estimate of drug-likeness (QED) is 0.830. The first-order chi connectivity index (χ1) is 10.0. The maximum atomic E-state index is 13.0. The zero-order chi connectivity index (χ0) is 15.2. The number of aryl methyl sites for hydroxylation is 1. The number of carbonyl (C=O) groups is 2. The van der Waals surface area contributed by atoms with Crippen molar-refractivity contribution in [2.75, 3.05) is 5.32 Å². The van der Waals surface area contributed by atoms with E-state index in [1.807, 2.05) is 0 Å². The van der Waals surface area contributed by atoms with Crippen molar-refractivity contribution in [3.8, 4) is 0 Å². The van der Waals surface area contributed by atoms with Gasteiger partial charge in [-0.3, -0.25) is 14.3 Å². The van der Waals surface area contributed by atoms with Crippen molar-refractivity contribution < 1.29 is 19.1 Å². The minimum absolute atomic E-state index is 0.117. The van der Waals surface area contributed by atoms with E-state index >= 15 is 0 Å². The van der Waals surface area contributed by atoms with Crippen LogP contribution in [0.3, 0.4) is 0 Å². The number of anilines is 1. The van der Waals surface area contributed by atoms with Crippen LogP contribution in [-0.4, -0.2) is 32.0 Å². The van der Waals surface area contributed by atoms with Crippen molar-refractivity contribution in [3.63, 3.8) is 0 Å². The second-order valence-electron chi connectivity index (χ2n) is 4.35. The second kappa shape index (κ2) is 6.60. The van der Waals surface area contributed by atoms with Crippen LogP contribution in [0.2, 0.25) is 0 Å². The number of carboxylic acids is 1. The Morgan fingerprint density at radius 1 is 1.38 bits per heavy atom. The summed E-state index contributed by atoms with van der Waals surface area (Å²) < 4.78 is 14.3. The van der Waals surface area contributed by atoms with Crippen molar-refractivity contribution in [2.45, 2.75) is 19.4 Å². The van der Waals surface area contributed by atoms with E-state index in [4.69, 9.17) is 5.11 Å². The van der Waals surface area contributed by atoms with Crippen LogP contribution < -0.4 is 5.32 Å². The fourth-order valence-corrected chi connectivity index (χ4v) is 1.69. The molecule has 1 aromatic carbocycles. The third-order valence-electron chi connectivity index (χ3n) is 2.59. The predicted octanol–water partition coefficient (Wildman–Crippen LogP) is 1.07. The average molecular weight is 292 g/mol. The lowest BCUT2D eigenvalue weighted by Crippen LogP contribution is -2.14. The molecule has 110 valence electrons. The Morgan fingerprint density at radius 3 is 2.90 bits per heavy atom. The topological polar surface area (TPSA) is 97.1 Å². The van der Waals surface area contributed by atoms with Gasteiger partial charge in [-0.15, -0.1) is 5.10 Å². The van der Waals surface area contributed by atoms with E-state index in [0.29, 0.717) is 11.4 Å². The Kier molecular flexibility index (Phi) is 4.60. The predicted molar refractivity (Wildman–Crippen MR) is 71.0 cm³/mol. The number of carboxylic acid groups (broad SMARTS) is 1. The van der Waals surface area contributed by atoms with E-state index in [1.165, 1.54) is 29.1 Å². The highest BCUT2D eigenvalue weighted by Gasteiger charge is 2.08. The van der Waals surface area contributed by atoms with E-state index in [1.54, 1.807) is 6.07 Å². The van der Waals surface area contributed by atoms with Gasteiger partial charge in [0.1, 0.15) is 5.82 Å². The number of nitrogens with one attached hydrogen (secondary N) is 1. The lowest BCUT2D eigenvalue weighted by Gasteiger charge is -2.05. The van der Waals surface area contributed by atoms with Gasteiger partial charge in [-0.1, -0.05) is 11.3 Å². The third-order valence-corrected chi connectivity index (χ3v) is 2.59. The lowest BCUT2D eigenvalue weighted by molar-refractivity contribution is -0.136. The van der Waals surface area contributed by atoms with Crippen LogP contribution in [0, 0.1) is 5.82 Å². The van der Waals surface area contributed by atoms with Crippen LogP contribution in [0.25, 0.3) is 0 Å². The molecule has 0 saturated heterocycles. The summed E-state index contributed by atoms with van der Waals surface area (Å²) in [5, 5.41) is 18.6. The molecule has 21 heavy (non-hydrogen) atoms. The molecule has 0 aliphatic heterocycles. The Balaban J connectivity index is 1.83. The first-order valence-corrected chi connectivity index (χ1v) is 6.19. The van der Waals surface area contributed by atoms with Gasteiger partial charge in [0.05, 0.1) is 18.7 Å². The maximum absolute atomic E-state index is 13.0. The molecule has 0 saturated carbocycles. The van der Waals surface area contributed by atoms with Crippen LogP contribution in [0.5, 0.6) is 0 Å². The van der Waals surface area contributed by atoms with Crippen molar-refractivity contribution in [2.24, 2.45) is 0 Å². The summed E-state index contributed by atoms with van der Waals surface area (Å²) in [4.78, 5) is 22.2. The summed E-state index contributed by atoms with van der Waals surface area (Å²) >= 11 is 0. The van der Waals surface area contributed by atoms with Crippen LogP contribution in [0.1, 0.15) is 12.1 Å². The molecule has 0 bridgehead atoms. The highest BCUT2D eigenvalue weighted by atomic mass is 19.1. The minimum Gasteiger partial charge on any atom is -0.481 e. The van der Waals surface area contributed by atoms with Gasteiger partial charge in [-0.25, -0.2) is 4.39 Å². The number of carbonyl (C=O) groups excluding carboxylic acids is 1. The van der Waals surface area contributed by atoms with E-state index in [-0.39, 0.29) is 25.3 Å². The highest BCUT2D eigenvalue weighted by Crippen LogP contribution is 2.09. The summed E-state index contributed by atoms with van der Waals surface area (Å²) in [6.45, 7) is 0.258. The molecule has 2 N–H and O–H groups in total. The molecule has 0 aliphatic carbocycles. The summed E-state index contributed by atoms with van der Waals surface area (Å²) in [5.41, 5.74) is 0.707. The molecule has 2 rings (SSSR count). The molecule has 1 heterocycles. The van der Waals surface area contributed by atoms with E-state index in [9.17, 15) is 14.0 Å². The number of rotatable bonds is 6. The van der Waals surface area contributed by atoms with Crippen LogP contribution in [0.15, 0.2) is 30.5 Å². The largest absolute Gasteiger partial charge is 0.481 e. The number of amides is 1. The van der Waals surface area contributed by atoms with Gasteiger partial charge in [-0.05, 0) is 18.2 Å². The molecule has 1 aromatic heterocycles. The Labute approximate surface area is 119 Å². The molecule has 0 aliphatic rings. The molecule has 7 nitrogen and oxygen atoms in total. The lowest BCUT2D eigenvalue weighted by atomic mass is 10.3. The molecule has 1 amide bonds. The fraction of sp³-hybridized carbons (Fsp3) is 0.231. The first kappa shape index (κ1) is 14.6. The molecule has 0 fully saturated rings. The number of benzene rings is 1. The van der Waals surface area contributed by atoms with Crippen LogP contribution in [-0.2, 0) is 22.6 Å². The summed E-state index contributed by atoms with van der Waals surface area (Å²) in [6, 6.07) is 5.59. The molecule has 2 aromatic rings. The Hall–Kier alpha value is -2.77. The van der Waals surface area contributed by atoms with Crippen molar-refractivity contribution in [1.29, 1.82) is 0 Å². The smallest absolute Gasteiger partial charge is 0.309 e. The maximum Gasteiger partial charge on any atom is 0.309 e. The number of nitrogens with zero attached hydrogens (tertiary/aromatic N) is 3. The Morgan fingerprint density at radius 2 is 2.19 bits per heavy atom. The van der Waals surface area contributed by atoms with Crippen LogP contribution in [0.4, 0.5) is 10.1 Å². The third kappa shape index (κ3) is 4.68. The molecule has 0 radical (unpaired) electrons. The highest BCUT2D eigenvalue weighted by molar-refractivity contribution is 5.90. The van der Waals surface area contributed by atoms with Crippen molar-refractivity contribution in [1.82, 2.24) is 15.0 Å². The van der Waals surface area contributed by atoms with Gasteiger partial charge in [0.25, 0.3) is 0 Å². The van der Waals surface area contributed by atoms with Crippen molar-refractivity contribution >= 4 is 17.6 Å². The molecule has 0 spiro atoms. The first-order valence-electron chi connectivity index (χ1n) is 6.19. The number of halogens is 1. The summed E-state index contributed by atoms with van der Waals surface area (Å²) in [6.07, 6.45) is 1.38. The SMILES string of the molecule is O=C(O)Cc1cn(CCC(=O)Nc2cccc(F)c2)nn1. The number of hydrogen-bond acceptors (Lipinski definition) is 4. The molecule has 0 atom stereocenters. The van der Waals surface area contributed by atoms with E-state index in [2.05, 4.69) is 15.6 Å². The van der Waals surface area contributed by atoms with Gasteiger partial charge >= 0.3 is 5.97 Å². The van der Waals surface area contributed by atoms with E-state index < -0.39 is 11.8 Å². The number of aliphatic carboxylic acids is 1. The standard InChI is InChI=1S/C13H13FN4O3/c14-9-2-1-3-10(6-9)15-12(19)4-5-18-8-11(16-17-18)7-13(20)21/h1-3,6,8H,4-5,7H2,(H,15,19)(H,20,21). The zero-order valence-electron chi connectivity index (χ0n) is 11.0. The van der Waals surface area contributed by atoms with Gasteiger partial charge in [0.15, 0.2) is 0 Å². The number of aromatic nitrogens is 3. The van der Waals surface area contributed by atoms with Crippen molar-refractivity contribution in [3.05, 3.63) is 42.0 Å².